The van der Waals surface area contributed by atoms with E-state index in [1.54, 1.807) is 0 Å². The molecule has 0 saturated carbocycles. The second-order valence-corrected chi connectivity index (χ2v) is 5.83. The Bertz CT molecular complexity index is 368. The number of halogens is 2. The minimum absolute atomic E-state index is 0.105. The zero-order valence-corrected chi connectivity index (χ0v) is 13.2. The van der Waals surface area contributed by atoms with Gasteiger partial charge in [-0.3, -0.25) is 4.79 Å². The fraction of sp³-hybridized carbons (Fsp3) is 0.417. The number of amides is 1. The van der Waals surface area contributed by atoms with E-state index in [1.165, 1.54) is 0 Å². The minimum Gasteiger partial charge on any atom is -0.335 e. The maximum absolute atomic E-state index is 12.2. The van der Waals surface area contributed by atoms with Crippen LogP contribution in [0.15, 0.2) is 24.3 Å². The number of rotatable bonds is 4. The van der Waals surface area contributed by atoms with Gasteiger partial charge in [0, 0.05) is 27.1 Å². The van der Waals surface area contributed by atoms with Crippen LogP contribution >= 0.6 is 38.5 Å². The van der Waals surface area contributed by atoms with Gasteiger partial charge in [-0.1, -0.05) is 22.0 Å². The maximum Gasteiger partial charge on any atom is 0.254 e. The summed E-state index contributed by atoms with van der Waals surface area (Å²) in [5, 5.41) is 0.806. The zero-order chi connectivity index (χ0) is 12.1. The molecule has 1 aromatic rings. The Morgan fingerprint density at radius 3 is 2.69 bits per heavy atom. The molecule has 1 rings (SSSR count). The summed E-state index contributed by atoms with van der Waals surface area (Å²) in [7, 11) is 0. The predicted molar refractivity (Wildman–Crippen MR) is 79.1 cm³/mol. The van der Waals surface area contributed by atoms with Crippen LogP contribution in [0.4, 0.5) is 0 Å². The first-order valence-corrected chi connectivity index (χ1v) is 7.38. The number of hydrogen-bond acceptors (Lipinski definition) is 1. The standard InChI is InChI=1S/C12H15BrINO/c1-9(2)15(7-6-13)12(16)10-4-3-5-11(14)8-10/h3-5,8-9H,6-7H2,1-2H3. The maximum atomic E-state index is 12.2. The molecule has 2 nitrogen and oxygen atoms in total. The van der Waals surface area contributed by atoms with Crippen molar-refractivity contribution in [3.63, 3.8) is 0 Å². The summed E-state index contributed by atoms with van der Waals surface area (Å²) in [4.78, 5) is 14.1. The van der Waals surface area contributed by atoms with E-state index >= 15 is 0 Å². The van der Waals surface area contributed by atoms with Crippen molar-refractivity contribution in [3.8, 4) is 0 Å². The molecule has 4 heteroatoms. The first-order valence-electron chi connectivity index (χ1n) is 5.18. The SMILES string of the molecule is CC(C)N(CCBr)C(=O)c1cccc(I)c1. The van der Waals surface area contributed by atoms with Crippen molar-refractivity contribution in [1.82, 2.24) is 4.90 Å². The third kappa shape index (κ3) is 3.73. The third-order valence-electron chi connectivity index (χ3n) is 2.28. The van der Waals surface area contributed by atoms with Gasteiger partial charge in [-0.25, -0.2) is 0 Å². The van der Waals surface area contributed by atoms with Crippen LogP contribution in [-0.4, -0.2) is 28.7 Å². The summed E-state index contributed by atoms with van der Waals surface area (Å²) in [6.45, 7) is 4.81. The molecule has 16 heavy (non-hydrogen) atoms. The lowest BCUT2D eigenvalue weighted by atomic mass is 10.2. The average molecular weight is 396 g/mol. The lowest BCUT2D eigenvalue weighted by Gasteiger charge is -2.26. The average Bonchev–Trinajstić information content (AvgIpc) is 2.24. The predicted octanol–water partition coefficient (Wildman–Crippen LogP) is 3.54. The molecule has 0 aromatic heterocycles. The van der Waals surface area contributed by atoms with Crippen LogP contribution in [0.5, 0.6) is 0 Å². The van der Waals surface area contributed by atoms with Gasteiger partial charge in [0.2, 0.25) is 0 Å². The van der Waals surface area contributed by atoms with Gasteiger partial charge in [0.15, 0.2) is 0 Å². The van der Waals surface area contributed by atoms with Crippen molar-refractivity contribution in [1.29, 1.82) is 0 Å². The summed E-state index contributed by atoms with van der Waals surface area (Å²) in [5.41, 5.74) is 0.765. The van der Waals surface area contributed by atoms with Crippen molar-refractivity contribution >= 4 is 44.4 Å². The number of hydrogen-bond donors (Lipinski definition) is 0. The second kappa shape index (κ2) is 6.59. The Kier molecular flexibility index (Phi) is 5.75. The van der Waals surface area contributed by atoms with Crippen molar-refractivity contribution < 1.29 is 4.79 Å². The largest absolute Gasteiger partial charge is 0.335 e. The molecule has 0 atom stereocenters. The second-order valence-electron chi connectivity index (χ2n) is 3.79. The normalized spacial score (nSPS) is 10.6. The number of nitrogens with zero attached hydrogens (tertiary/aromatic N) is 1. The fourth-order valence-corrected chi connectivity index (χ4v) is 2.40. The molecule has 0 fully saturated rings. The highest BCUT2D eigenvalue weighted by atomic mass is 127. The monoisotopic (exact) mass is 395 g/mol. The Balaban J connectivity index is 2.90. The van der Waals surface area contributed by atoms with Crippen LogP contribution in [0.25, 0.3) is 0 Å². The number of benzene rings is 1. The highest BCUT2D eigenvalue weighted by Gasteiger charge is 2.17. The molecule has 0 unspecified atom stereocenters. The van der Waals surface area contributed by atoms with Crippen molar-refractivity contribution in [2.45, 2.75) is 19.9 Å². The Morgan fingerprint density at radius 1 is 1.50 bits per heavy atom. The lowest BCUT2D eigenvalue weighted by Crippen LogP contribution is -2.38. The molecule has 1 amide bonds. The topological polar surface area (TPSA) is 20.3 Å². The van der Waals surface area contributed by atoms with E-state index in [1.807, 2.05) is 43.0 Å². The number of carbonyl (C=O) groups is 1. The van der Waals surface area contributed by atoms with E-state index in [-0.39, 0.29) is 11.9 Å². The Hall–Kier alpha value is -0.100. The molecule has 0 bridgehead atoms. The molecular weight excluding hydrogens is 381 g/mol. The Labute approximate surface area is 119 Å². The molecule has 0 aliphatic rings. The van der Waals surface area contributed by atoms with Crippen LogP contribution in [0.3, 0.4) is 0 Å². The van der Waals surface area contributed by atoms with E-state index in [9.17, 15) is 4.79 Å². The third-order valence-corrected chi connectivity index (χ3v) is 3.31. The van der Waals surface area contributed by atoms with Crippen LogP contribution in [0.1, 0.15) is 24.2 Å². The summed E-state index contributed by atoms with van der Waals surface area (Å²) >= 11 is 5.60. The molecule has 0 radical (unpaired) electrons. The van der Waals surface area contributed by atoms with Crippen LogP contribution in [-0.2, 0) is 0 Å². The summed E-state index contributed by atoms with van der Waals surface area (Å²) in [6, 6.07) is 7.92. The van der Waals surface area contributed by atoms with Crippen LogP contribution in [0.2, 0.25) is 0 Å². The van der Waals surface area contributed by atoms with Gasteiger partial charge < -0.3 is 4.90 Å². The molecule has 0 spiro atoms. The molecule has 0 heterocycles. The summed E-state index contributed by atoms with van der Waals surface area (Å²) in [6.07, 6.45) is 0. The van der Waals surface area contributed by atoms with Crippen molar-refractivity contribution in [2.75, 3.05) is 11.9 Å². The van der Waals surface area contributed by atoms with E-state index in [0.717, 1.165) is 21.0 Å². The first kappa shape index (κ1) is 14.0. The fourth-order valence-electron chi connectivity index (χ4n) is 1.47. The smallest absolute Gasteiger partial charge is 0.254 e. The summed E-state index contributed by atoms with van der Waals surface area (Å²) < 4.78 is 1.09. The lowest BCUT2D eigenvalue weighted by molar-refractivity contribution is 0.0719. The number of alkyl halides is 1. The van der Waals surface area contributed by atoms with E-state index < -0.39 is 0 Å². The van der Waals surface area contributed by atoms with Gasteiger partial charge in [-0.05, 0) is 54.6 Å². The van der Waals surface area contributed by atoms with Crippen molar-refractivity contribution in [2.24, 2.45) is 0 Å². The van der Waals surface area contributed by atoms with Gasteiger partial charge in [0.1, 0.15) is 0 Å². The van der Waals surface area contributed by atoms with Crippen LogP contribution < -0.4 is 0 Å². The van der Waals surface area contributed by atoms with Gasteiger partial charge >= 0.3 is 0 Å². The number of carbonyl (C=O) groups excluding carboxylic acids is 1. The molecule has 0 aliphatic heterocycles. The van der Waals surface area contributed by atoms with Gasteiger partial charge in [0.05, 0.1) is 0 Å². The highest BCUT2D eigenvalue weighted by Crippen LogP contribution is 2.12. The molecule has 0 N–H and O–H groups in total. The zero-order valence-electron chi connectivity index (χ0n) is 9.41. The molecule has 1 aromatic carbocycles. The highest BCUT2D eigenvalue weighted by molar-refractivity contribution is 14.1. The molecular formula is C12H15BrINO. The van der Waals surface area contributed by atoms with E-state index in [4.69, 9.17) is 0 Å². The van der Waals surface area contributed by atoms with Gasteiger partial charge in [-0.2, -0.15) is 0 Å². The minimum atomic E-state index is 0.105. The van der Waals surface area contributed by atoms with E-state index in [2.05, 4.69) is 38.5 Å². The van der Waals surface area contributed by atoms with Crippen LogP contribution in [0, 0.1) is 3.57 Å². The first-order chi connectivity index (χ1) is 7.56. The summed E-state index contributed by atoms with van der Waals surface area (Å²) in [5.74, 6) is 0.105. The van der Waals surface area contributed by atoms with Crippen molar-refractivity contribution in [3.05, 3.63) is 33.4 Å². The molecule has 0 saturated heterocycles. The molecule has 88 valence electrons. The van der Waals surface area contributed by atoms with E-state index in [0.29, 0.717) is 0 Å². The Morgan fingerprint density at radius 2 is 2.19 bits per heavy atom. The van der Waals surface area contributed by atoms with Gasteiger partial charge in [-0.15, -0.1) is 0 Å². The molecule has 0 aliphatic carbocycles. The van der Waals surface area contributed by atoms with Gasteiger partial charge in [0.25, 0.3) is 5.91 Å². The quantitative estimate of drug-likeness (QED) is 0.564.